The van der Waals surface area contributed by atoms with Crippen LogP contribution in [0.15, 0.2) is 24.3 Å². The van der Waals surface area contributed by atoms with Crippen LogP contribution in [0.2, 0.25) is 0 Å². The highest BCUT2D eigenvalue weighted by atomic mass is 16.5. The molecule has 1 aromatic carbocycles. The number of carbonyl (C=O) groups excluding carboxylic acids is 1. The summed E-state index contributed by atoms with van der Waals surface area (Å²) in [5, 5.41) is 5.51. The topological polar surface area (TPSA) is 62.8 Å². The zero-order valence-corrected chi connectivity index (χ0v) is 13.0. The number of hydrogen-bond acceptors (Lipinski definition) is 4. The summed E-state index contributed by atoms with van der Waals surface area (Å²) in [5.41, 5.74) is 0. The van der Waals surface area contributed by atoms with Gasteiger partial charge in [0, 0.05) is 13.1 Å². The molecule has 0 saturated heterocycles. The van der Waals surface area contributed by atoms with E-state index in [-0.39, 0.29) is 6.03 Å². The van der Waals surface area contributed by atoms with Gasteiger partial charge in [0.25, 0.3) is 0 Å². The summed E-state index contributed by atoms with van der Waals surface area (Å²) in [5.74, 6) is 1.58. The molecule has 0 spiro atoms. The third-order valence-corrected chi connectivity index (χ3v) is 2.64. The van der Waals surface area contributed by atoms with E-state index in [1.807, 2.05) is 50.2 Å². The van der Waals surface area contributed by atoms with E-state index < -0.39 is 0 Å². The molecule has 2 amide bonds. The molecule has 0 unspecified atom stereocenters. The lowest BCUT2D eigenvalue weighted by Gasteiger charge is -2.12. The molecule has 2 N–H and O–H groups in total. The maximum absolute atomic E-state index is 11.4. The fourth-order valence-electron chi connectivity index (χ4n) is 1.59. The van der Waals surface area contributed by atoms with Gasteiger partial charge in [-0.05, 0) is 45.3 Å². The number of nitrogens with one attached hydrogen (secondary N) is 2. The summed E-state index contributed by atoms with van der Waals surface area (Å²) in [7, 11) is 3.93. The van der Waals surface area contributed by atoms with Crippen LogP contribution in [0.5, 0.6) is 11.5 Å². The third-order valence-electron chi connectivity index (χ3n) is 2.64. The highest BCUT2D eigenvalue weighted by Crippen LogP contribution is 2.17. The molecular formula is C15H25N3O3. The Kier molecular flexibility index (Phi) is 8.04. The fourth-order valence-corrected chi connectivity index (χ4v) is 1.59. The molecule has 0 radical (unpaired) electrons. The first-order valence-corrected chi connectivity index (χ1v) is 7.14. The number of urea groups is 1. The zero-order chi connectivity index (χ0) is 15.5. The van der Waals surface area contributed by atoms with Crippen molar-refractivity contribution in [3.05, 3.63) is 24.3 Å². The Balaban J connectivity index is 2.11. The van der Waals surface area contributed by atoms with Crippen molar-refractivity contribution in [2.24, 2.45) is 0 Å². The maximum Gasteiger partial charge on any atom is 0.314 e. The van der Waals surface area contributed by atoms with E-state index in [1.165, 1.54) is 0 Å². The van der Waals surface area contributed by atoms with Gasteiger partial charge in [-0.3, -0.25) is 0 Å². The largest absolute Gasteiger partial charge is 0.494 e. The van der Waals surface area contributed by atoms with E-state index >= 15 is 0 Å². The van der Waals surface area contributed by atoms with Gasteiger partial charge in [-0.1, -0.05) is 0 Å². The highest BCUT2D eigenvalue weighted by Gasteiger charge is 2.00. The Morgan fingerprint density at radius 2 is 1.62 bits per heavy atom. The SMILES string of the molecule is CCOc1ccc(OCCNC(=O)NCCN(C)C)cc1. The van der Waals surface area contributed by atoms with E-state index in [2.05, 4.69) is 10.6 Å². The van der Waals surface area contributed by atoms with Crippen molar-refractivity contribution in [2.45, 2.75) is 6.92 Å². The Morgan fingerprint density at radius 1 is 1.05 bits per heavy atom. The lowest BCUT2D eigenvalue weighted by atomic mass is 10.3. The predicted octanol–water partition coefficient (Wildman–Crippen LogP) is 1.32. The first-order valence-electron chi connectivity index (χ1n) is 7.14. The molecule has 0 bridgehead atoms. The van der Waals surface area contributed by atoms with Gasteiger partial charge in [0.2, 0.25) is 0 Å². The molecule has 1 aromatic rings. The van der Waals surface area contributed by atoms with Gasteiger partial charge in [-0.25, -0.2) is 4.79 Å². The second-order valence-electron chi connectivity index (χ2n) is 4.74. The molecule has 0 aliphatic heterocycles. The molecule has 0 saturated carbocycles. The second kappa shape index (κ2) is 9.88. The van der Waals surface area contributed by atoms with Crippen LogP contribution in [-0.2, 0) is 0 Å². The molecular weight excluding hydrogens is 270 g/mol. The molecule has 0 fully saturated rings. The minimum absolute atomic E-state index is 0.174. The van der Waals surface area contributed by atoms with Gasteiger partial charge in [-0.2, -0.15) is 0 Å². The first kappa shape index (κ1) is 17.1. The molecule has 0 aromatic heterocycles. The average Bonchev–Trinajstić information content (AvgIpc) is 2.45. The van der Waals surface area contributed by atoms with Crippen LogP contribution in [0, 0.1) is 0 Å². The minimum atomic E-state index is -0.174. The summed E-state index contributed by atoms with van der Waals surface area (Å²) in [6.07, 6.45) is 0. The van der Waals surface area contributed by atoms with Crippen LogP contribution in [0.25, 0.3) is 0 Å². The van der Waals surface area contributed by atoms with Gasteiger partial charge in [-0.15, -0.1) is 0 Å². The molecule has 6 nitrogen and oxygen atoms in total. The van der Waals surface area contributed by atoms with Crippen molar-refractivity contribution in [1.29, 1.82) is 0 Å². The van der Waals surface area contributed by atoms with Gasteiger partial charge in [0.05, 0.1) is 13.2 Å². The smallest absolute Gasteiger partial charge is 0.314 e. The molecule has 21 heavy (non-hydrogen) atoms. The monoisotopic (exact) mass is 295 g/mol. The molecule has 0 atom stereocenters. The van der Waals surface area contributed by atoms with E-state index in [0.717, 1.165) is 18.0 Å². The van der Waals surface area contributed by atoms with Crippen LogP contribution >= 0.6 is 0 Å². The second-order valence-corrected chi connectivity index (χ2v) is 4.74. The Labute approximate surface area is 126 Å². The van der Waals surface area contributed by atoms with Crippen molar-refractivity contribution in [3.63, 3.8) is 0 Å². The van der Waals surface area contributed by atoms with E-state index in [9.17, 15) is 4.79 Å². The molecule has 1 rings (SSSR count). The quantitative estimate of drug-likeness (QED) is 0.675. The zero-order valence-electron chi connectivity index (χ0n) is 13.0. The molecule has 0 aliphatic carbocycles. The number of hydrogen-bond donors (Lipinski definition) is 2. The number of amides is 2. The van der Waals surface area contributed by atoms with Crippen LogP contribution < -0.4 is 20.1 Å². The lowest BCUT2D eigenvalue weighted by molar-refractivity contribution is 0.235. The summed E-state index contributed by atoms with van der Waals surface area (Å²) < 4.78 is 10.9. The van der Waals surface area contributed by atoms with Gasteiger partial charge < -0.3 is 25.0 Å². The van der Waals surface area contributed by atoms with Crippen LogP contribution in [0.1, 0.15) is 6.92 Å². The summed E-state index contributed by atoms with van der Waals surface area (Å²) in [6.45, 7) is 4.91. The first-order chi connectivity index (χ1) is 10.1. The standard InChI is InChI=1S/C15H25N3O3/c1-4-20-13-5-7-14(8-6-13)21-12-10-17-15(19)16-9-11-18(2)3/h5-8H,4,9-12H2,1-3H3,(H2,16,17,19). The van der Waals surface area contributed by atoms with Gasteiger partial charge in [0.15, 0.2) is 0 Å². The summed E-state index contributed by atoms with van der Waals surface area (Å²) in [4.78, 5) is 13.4. The summed E-state index contributed by atoms with van der Waals surface area (Å²) in [6, 6.07) is 7.25. The average molecular weight is 295 g/mol. The highest BCUT2D eigenvalue weighted by molar-refractivity contribution is 5.73. The van der Waals surface area contributed by atoms with E-state index in [4.69, 9.17) is 9.47 Å². The number of likely N-dealkylation sites (N-methyl/N-ethyl adjacent to an activating group) is 1. The van der Waals surface area contributed by atoms with Crippen molar-refractivity contribution in [2.75, 3.05) is 46.9 Å². The number of benzene rings is 1. The van der Waals surface area contributed by atoms with Crippen LogP contribution in [-0.4, -0.2) is 57.9 Å². The lowest BCUT2D eigenvalue weighted by Crippen LogP contribution is -2.40. The van der Waals surface area contributed by atoms with Crippen molar-refractivity contribution < 1.29 is 14.3 Å². The van der Waals surface area contributed by atoms with Crippen LogP contribution in [0.3, 0.4) is 0 Å². The Hall–Kier alpha value is -1.95. The molecule has 6 heteroatoms. The molecule has 0 aliphatic rings. The normalized spacial score (nSPS) is 10.3. The summed E-state index contributed by atoms with van der Waals surface area (Å²) >= 11 is 0. The number of rotatable bonds is 9. The number of carbonyl (C=O) groups is 1. The number of ether oxygens (including phenoxy) is 2. The maximum atomic E-state index is 11.4. The molecule has 0 heterocycles. The van der Waals surface area contributed by atoms with Crippen molar-refractivity contribution >= 4 is 6.03 Å². The van der Waals surface area contributed by atoms with Crippen molar-refractivity contribution in [3.8, 4) is 11.5 Å². The molecule has 118 valence electrons. The Bertz CT molecular complexity index is 407. The number of nitrogens with zero attached hydrogens (tertiary/aromatic N) is 1. The Morgan fingerprint density at radius 3 is 2.19 bits per heavy atom. The van der Waals surface area contributed by atoms with Gasteiger partial charge >= 0.3 is 6.03 Å². The minimum Gasteiger partial charge on any atom is -0.494 e. The third kappa shape index (κ3) is 8.04. The van der Waals surface area contributed by atoms with Crippen LogP contribution in [0.4, 0.5) is 4.79 Å². The van der Waals surface area contributed by atoms with Crippen molar-refractivity contribution in [1.82, 2.24) is 15.5 Å². The van der Waals surface area contributed by atoms with E-state index in [0.29, 0.717) is 26.3 Å². The fraction of sp³-hybridized carbons (Fsp3) is 0.533. The van der Waals surface area contributed by atoms with Gasteiger partial charge in [0.1, 0.15) is 18.1 Å². The van der Waals surface area contributed by atoms with E-state index in [1.54, 1.807) is 0 Å². The predicted molar refractivity (Wildman–Crippen MR) is 83.1 cm³/mol.